The highest BCUT2D eigenvalue weighted by atomic mass is 35.5. The van der Waals surface area contributed by atoms with Gasteiger partial charge in [-0.2, -0.15) is 0 Å². The maximum Gasteiger partial charge on any atom is 0.272 e. The quantitative estimate of drug-likeness (QED) is 0.463. The SMILES string of the molecule is O=[N+]([O-])c1ccccc1CC(Cl)c1ccccc1Cl. The Bertz CT molecular complexity index is 602. The van der Waals surface area contributed by atoms with E-state index in [1.165, 1.54) is 6.07 Å². The molecule has 2 aromatic carbocycles. The molecule has 0 aliphatic heterocycles. The molecule has 3 nitrogen and oxygen atoms in total. The average molecular weight is 296 g/mol. The van der Waals surface area contributed by atoms with E-state index in [0.717, 1.165) is 5.56 Å². The van der Waals surface area contributed by atoms with E-state index in [9.17, 15) is 10.1 Å². The van der Waals surface area contributed by atoms with Crippen LogP contribution in [0.2, 0.25) is 5.02 Å². The van der Waals surface area contributed by atoms with Crippen molar-refractivity contribution in [2.75, 3.05) is 0 Å². The molecule has 0 aromatic heterocycles. The minimum absolute atomic E-state index is 0.0835. The molecule has 5 heteroatoms. The summed E-state index contributed by atoms with van der Waals surface area (Å²) in [6, 6.07) is 13.8. The Morgan fingerprint density at radius 3 is 2.42 bits per heavy atom. The third-order valence-electron chi connectivity index (χ3n) is 2.83. The number of nitrogens with zero attached hydrogens (tertiary/aromatic N) is 1. The number of halogens is 2. The van der Waals surface area contributed by atoms with E-state index in [2.05, 4.69) is 0 Å². The normalized spacial score (nSPS) is 12.1. The second kappa shape index (κ2) is 6.04. The van der Waals surface area contributed by atoms with Crippen LogP contribution in [0.5, 0.6) is 0 Å². The number of hydrogen-bond acceptors (Lipinski definition) is 2. The maximum absolute atomic E-state index is 10.9. The Morgan fingerprint density at radius 1 is 1.11 bits per heavy atom. The molecule has 0 saturated carbocycles. The van der Waals surface area contributed by atoms with Crippen molar-refractivity contribution in [1.82, 2.24) is 0 Å². The van der Waals surface area contributed by atoms with E-state index < -0.39 is 10.3 Å². The molecule has 2 aromatic rings. The third-order valence-corrected chi connectivity index (χ3v) is 3.56. The molecule has 0 heterocycles. The smallest absolute Gasteiger partial charge is 0.258 e. The highest BCUT2D eigenvalue weighted by Gasteiger charge is 2.18. The van der Waals surface area contributed by atoms with Gasteiger partial charge in [0.1, 0.15) is 0 Å². The first-order valence-electron chi connectivity index (χ1n) is 5.70. The van der Waals surface area contributed by atoms with Crippen LogP contribution >= 0.6 is 23.2 Å². The van der Waals surface area contributed by atoms with Gasteiger partial charge in [-0.15, -0.1) is 11.6 Å². The van der Waals surface area contributed by atoms with Crippen molar-refractivity contribution < 1.29 is 4.92 Å². The molecule has 0 amide bonds. The molecule has 1 unspecified atom stereocenters. The molecule has 98 valence electrons. The van der Waals surface area contributed by atoms with Crippen LogP contribution in [0.3, 0.4) is 0 Å². The van der Waals surface area contributed by atoms with Crippen molar-refractivity contribution >= 4 is 28.9 Å². The first-order chi connectivity index (χ1) is 9.09. The fraction of sp³-hybridized carbons (Fsp3) is 0.143. The lowest BCUT2D eigenvalue weighted by atomic mass is 10.0. The number of nitro benzene ring substituents is 1. The zero-order valence-electron chi connectivity index (χ0n) is 9.92. The molecule has 0 fully saturated rings. The lowest BCUT2D eigenvalue weighted by molar-refractivity contribution is -0.385. The molecule has 0 aliphatic carbocycles. The molecule has 0 spiro atoms. The first kappa shape index (κ1) is 13.8. The molecule has 2 rings (SSSR count). The second-order valence-corrected chi connectivity index (χ2v) is 5.01. The molecule has 0 bridgehead atoms. The molecular weight excluding hydrogens is 285 g/mol. The van der Waals surface area contributed by atoms with Gasteiger partial charge in [-0.05, 0) is 18.1 Å². The molecule has 0 aliphatic rings. The molecule has 0 N–H and O–H groups in total. The van der Waals surface area contributed by atoms with E-state index in [-0.39, 0.29) is 5.69 Å². The molecule has 1 atom stereocenters. The van der Waals surface area contributed by atoms with Crippen LogP contribution in [0.15, 0.2) is 48.5 Å². The number of benzene rings is 2. The predicted molar refractivity (Wildman–Crippen MR) is 76.8 cm³/mol. The van der Waals surface area contributed by atoms with Gasteiger partial charge in [-0.1, -0.05) is 48.0 Å². The lowest BCUT2D eigenvalue weighted by Crippen LogP contribution is -2.00. The molecular formula is C14H11Cl2NO2. The van der Waals surface area contributed by atoms with Crippen molar-refractivity contribution in [3.05, 3.63) is 74.8 Å². The first-order valence-corrected chi connectivity index (χ1v) is 6.52. The van der Waals surface area contributed by atoms with Crippen molar-refractivity contribution in [1.29, 1.82) is 0 Å². The highest BCUT2D eigenvalue weighted by Crippen LogP contribution is 2.32. The summed E-state index contributed by atoms with van der Waals surface area (Å²) in [5.74, 6) is 0. The van der Waals surface area contributed by atoms with Crippen molar-refractivity contribution in [2.45, 2.75) is 11.8 Å². The molecule has 0 radical (unpaired) electrons. The van der Waals surface area contributed by atoms with Crippen LogP contribution in [0.1, 0.15) is 16.5 Å². The van der Waals surface area contributed by atoms with Crippen LogP contribution in [0.4, 0.5) is 5.69 Å². The van der Waals surface area contributed by atoms with Gasteiger partial charge in [-0.25, -0.2) is 0 Å². The fourth-order valence-electron chi connectivity index (χ4n) is 1.89. The van der Waals surface area contributed by atoms with Crippen LogP contribution in [0.25, 0.3) is 0 Å². The summed E-state index contributed by atoms with van der Waals surface area (Å²) in [5.41, 5.74) is 1.47. The van der Waals surface area contributed by atoms with Gasteiger partial charge in [-0.3, -0.25) is 10.1 Å². The summed E-state index contributed by atoms with van der Waals surface area (Å²) in [6.07, 6.45) is 0.364. The van der Waals surface area contributed by atoms with Gasteiger partial charge in [0.15, 0.2) is 0 Å². The minimum atomic E-state index is -0.397. The van der Waals surface area contributed by atoms with E-state index in [4.69, 9.17) is 23.2 Å². The standard InChI is InChI=1S/C14H11Cl2NO2/c15-12-7-3-2-6-11(12)13(16)9-10-5-1-4-8-14(10)17(18)19/h1-8,13H,9H2. The fourth-order valence-corrected chi connectivity index (χ4v) is 2.57. The topological polar surface area (TPSA) is 43.1 Å². The number of para-hydroxylation sites is 1. The zero-order chi connectivity index (χ0) is 13.8. The van der Waals surface area contributed by atoms with Crippen molar-refractivity contribution in [3.8, 4) is 0 Å². The van der Waals surface area contributed by atoms with Crippen LogP contribution in [0, 0.1) is 10.1 Å². The Labute approximate surface area is 120 Å². The Kier molecular flexibility index (Phi) is 4.40. The van der Waals surface area contributed by atoms with Gasteiger partial charge >= 0.3 is 0 Å². The largest absolute Gasteiger partial charge is 0.272 e. The Morgan fingerprint density at radius 2 is 1.74 bits per heavy atom. The summed E-state index contributed by atoms with van der Waals surface area (Å²) in [7, 11) is 0. The maximum atomic E-state index is 10.9. The van der Waals surface area contributed by atoms with Crippen LogP contribution in [-0.2, 0) is 6.42 Å². The molecule has 0 saturated heterocycles. The van der Waals surface area contributed by atoms with Gasteiger partial charge in [0.25, 0.3) is 5.69 Å². The number of rotatable bonds is 4. The summed E-state index contributed by atoms with van der Waals surface area (Å²) in [5, 5.41) is 11.1. The van der Waals surface area contributed by atoms with Crippen LogP contribution < -0.4 is 0 Å². The van der Waals surface area contributed by atoms with Gasteiger partial charge < -0.3 is 0 Å². The lowest BCUT2D eigenvalue weighted by Gasteiger charge is -2.11. The third kappa shape index (κ3) is 3.25. The Balaban J connectivity index is 2.27. The predicted octanol–water partition coefficient (Wildman–Crippen LogP) is 4.77. The van der Waals surface area contributed by atoms with Crippen LogP contribution in [-0.4, -0.2) is 4.92 Å². The van der Waals surface area contributed by atoms with Gasteiger partial charge in [0.05, 0.1) is 10.3 Å². The van der Waals surface area contributed by atoms with E-state index >= 15 is 0 Å². The second-order valence-electron chi connectivity index (χ2n) is 4.08. The zero-order valence-corrected chi connectivity index (χ0v) is 11.4. The summed E-state index contributed by atoms with van der Waals surface area (Å²) in [4.78, 5) is 10.5. The van der Waals surface area contributed by atoms with E-state index in [1.807, 2.05) is 18.2 Å². The van der Waals surface area contributed by atoms with Crippen molar-refractivity contribution in [2.24, 2.45) is 0 Å². The monoisotopic (exact) mass is 295 g/mol. The average Bonchev–Trinajstić information content (AvgIpc) is 2.39. The Hall–Kier alpha value is -1.58. The summed E-state index contributed by atoms with van der Waals surface area (Å²) < 4.78 is 0. The van der Waals surface area contributed by atoms with E-state index in [1.54, 1.807) is 24.3 Å². The van der Waals surface area contributed by atoms with Gasteiger partial charge in [0, 0.05) is 16.7 Å². The van der Waals surface area contributed by atoms with Gasteiger partial charge in [0.2, 0.25) is 0 Å². The number of nitro groups is 1. The number of hydrogen-bond donors (Lipinski definition) is 0. The molecule has 19 heavy (non-hydrogen) atoms. The van der Waals surface area contributed by atoms with Crippen molar-refractivity contribution in [3.63, 3.8) is 0 Å². The van der Waals surface area contributed by atoms with E-state index in [0.29, 0.717) is 17.0 Å². The highest BCUT2D eigenvalue weighted by molar-refractivity contribution is 6.32. The number of alkyl halides is 1. The summed E-state index contributed by atoms with van der Waals surface area (Å²) in [6.45, 7) is 0. The summed E-state index contributed by atoms with van der Waals surface area (Å²) >= 11 is 12.4. The minimum Gasteiger partial charge on any atom is -0.258 e.